The number of hydrogen-bond acceptors (Lipinski definition) is 5. The molecule has 0 saturated carbocycles. The molecule has 0 fully saturated rings. The molecule has 0 N–H and O–H groups in total. The van der Waals surface area contributed by atoms with Crippen LogP contribution in [0.5, 0.6) is 0 Å². The number of benzene rings is 1. The minimum absolute atomic E-state index is 0.105. The molecule has 1 aliphatic carbocycles. The maximum atomic E-state index is 12.7. The Bertz CT molecular complexity index is 760. The predicted molar refractivity (Wildman–Crippen MR) is 98.0 cm³/mol. The number of carbonyl (C=O) groups excluding carboxylic acids is 2. The van der Waals surface area contributed by atoms with Crippen LogP contribution in [0.15, 0.2) is 40.5 Å². The van der Waals surface area contributed by atoms with Crippen LogP contribution in [0.3, 0.4) is 0 Å². The van der Waals surface area contributed by atoms with Crippen molar-refractivity contribution in [2.24, 2.45) is 10.9 Å². The van der Waals surface area contributed by atoms with Crippen LogP contribution in [-0.2, 0) is 14.3 Å². The summed E-state index contributed by atoms with van der Waals surface area (Å²) >= 11 is 0. The van der Waals surface area contributed by atoms with Gasteiger partial charge in [-0.25, -0.2) is 0 Å². The summed E-state index contributed by atoms with van der Waals surface area (Å²) in [7, 11) is 5.35. The van der Waals surface area contributed by atoms with Crippen molar-refractivity contribution < 1.29 is 14.3 Å². The van der Waals surface area contributed by atoms with E-state index in [-0.39, 0.29) is 17.7 Å². The standard InChI is InChI=1S/C20H24N2O3/c1-12-17(20(24)25-4)18(13-8-10-14(11-9-13)22(2)3)19-15(21-12)6-5-7-16(19)23/h8-11,17-18H,5-7H2,1-4H3/t17?,18-/m0/s1. The van der Waals surface area contributed by atoms with Gasteiger partial charge in [0.15, 0.2) is 5.78 Å². The van der Waals surface area contributed by atoms with E-state index in [2.05, 4.69) is 4.99 Å². The number of ether oxygens (including phenoxy) is 1. The van der Waals surface area contributed by atoms with Crippen LogP contribution in [0.1, 0.15) is 37.7 Å². The molecule has 25 heavy (non-hydrogen) atoms. The van der Waals surface area contributed by atoms with Gasteiger partial charge in [0.05, 0.1) is 7.11 Å². The third-order valence-electron chi connectivity index (χ3n) is 5.06. The van der Waals surface area contributed by atoms with Gasteiger partial charge >= 0.3 is 5.97 Å². The summed E-state index contributed by atoms with van der Waals surface area (Å²) in [6.45, 7) is 1.85. The lowest BCUT2D eigenvalue weighted by Crippen LogP contribution is -2.36. The Balaban J connectivity index is 2.12. The quantitative estimate of drug-likeness (QED) is 0.793. The fourth-order valence-electron chi connectivity index (χ4n) is 3.78. The van der Waals surface area contributed by atoms with Crippen LogP contribution in [0.4, 0.5) is 5.69 Å². The van der Waals surface area contributed by atoms with Gasteiger partial charge in [0.25, 0.3) is 0 Å². The fraction of sp³-hybridized carbons (Fsp3) is 0.450. The SMILES string of the molecule is COC(=O)C1C(C)=NC2=C(C(=O)CCC2)[C@H]1c1ccc(N(C)C)cc1. The number of aliphatic imine (C=N–C) groups is 1. The van der Waals surface area contributed by atoms with E-state index in [1.807, 2.05) is 50.2 Å². The second-order valence-corrected chi connectivity index (χ2v) is 6.85. The Hall–Kier alpha value is -2.43. The van der Waals surface area contributed by atoms with Gasteiger partial charge in [-0.15, -0.1) is 0 Å². The lowest BCUT2D eigenvalue weighted by Gasteiger charge is -2.34. The number of hydrogen-bond donors (Lipinski definition) is 0. The first kappa shape index (κ1) is 17.4. The van der Waals surface area contributed by atoms with E-state index < -0.39 is 5.92 Å². The molecular weight excluding hydrogens is 316 g/mol. The number of anilines is 1. The first-order valence-electron chi connectivity index (χ1n) is 8.60. The molecule has 3 rings (SSSR count). The van der Waals surface area contributed by atoms with Crippen molar-refractivity contribution in [3.8, 4) is 0 Å². The molecule has 1 heterocycles. The Morgan fingerprint density at radius 1 is 1.20 bits per heavy atom. The number of esters is 1. The zero-order valence-corrected chi connectivity index (χ0v) is 15.2. The zero-order chi connectivity index (χ0) is 18.1. The summed E-state index contributed by atoms with van der Waals surface area (Å²) in [6, 6.07) is 8.03. The van der Waals surface area contributed by atoms with E-state index >= 15 is 0 Å². The van der Waals surface area contributed by atoms with Crippen LogP contribution >= 0.6 is 0 Å². The fourth-order valence-corrected chi connectivity index (χ4v) is 3.78. The van der Waals surface area contributed by atoms with Crippen molar-refractivity contribution in [3.63, 3.8) is 0 Å². The van der Waals surface area contributed by atoms with Crippen LogP contribution < -0.4 is 4.90 Å². The average molecular weight is 340 g/mol. The maximum Gasteiger partial charge on any atom is 0.315 e. The van der Waals surface area contributed by atoms with Crippen molar-refractivity contribution in [2.45, 2.75) is 32.1 Å². The van der Waals surface area contributed by atoms with Gasteiger partial charge in [0, 0.05) is 49.1 Å². The van der Waals surface area contributed by atoms with Crippen molar-refractivity contribution in [1.29, 1.82) is 0 Å². The molecule has 0 radical (unpaired) electrons. The first-order chi connectivity index (χ1) is 11.9. The van der Waals surface area contributed by atoms with Gasteiger partial charge in [0.2, 0.25) is 0 Å². The largest absolute Gasteiger partial charge is 0.468 e. The van der Waals surface area contributed by atoms with Gasteiger partial charge in [-0.2, -0.15) is 0 Å². The molecular formula is C20H24N2O3. The summed E-state index contributed by atoms with van der Waals surface area (Å²) in [5, 5.41) is 0. The highest BCUT2D eigenvalue weighted by molar-refractivity contribution is 6.08. The zero-order valence-electron chi connectivity index (χ0n) is 15.2. The van der Waals surface area contributed by atoms with E-state index in [4.69, 9.17) is 4.74 Å². The van der Waals surface area contributed by atoms with Gasteiger partial charge in [0.1, 0.15) is 5.92 Å². The summed E-state index contributed by atoms with van der Waals surface area (Å²) in [6.07, 6.45) is 2.13. The van der Waals surface area contributed by atoms with Crippen molar-refractivity contribution in [1.82, 2.24) is 0 Å². The van der Waals surface area contributed by atoms with Crippen LogP contribution in [0.25, 0.3) is 0 Å². The molecule has 2 aliphatic rings. The van der Waals surface area contributed by atoms with Crippen molar-refractivity contribution in [2.75, 3.05) is 26.1 Å². The van der Waals surface area contributed by atoms with E-state index in [0.29, 0.717) is 12.0 Å². The molecule has 5 nitrogen and oxygen atoms in total. The first-order valence-corrected chi connectivity index (χ1v) is 8.60. The van der Waals surface area contributed by atoms with Gasteiger partial charge < -0.3 is 9.64 Å². The number of allylic oxidation sites excluding steroid dienone is 2. The second-order valence-electron chi connectivity index (χ2n) is 6.85. The highest BCUT2D eigenvalue weighted by Crippen LogP contribution is 2.43. The molecule has 0 aromatic heterocycles. The molecule has 2 atom stereocenters. The maximum absolute atomic E-state index is 12.7. The smallest absolute Gasteiger partial charge is 0.315 e. The number of nitrogens with zero attached hydrogens (tertiary/aromatic N) is 2. The normalized spacial score (nSPS) is 23.0. The van der Waals surface area contributed by atoms with Gasteiger partial charge in [-0.1, -0.05) is 12.1 Å². The number of ketones is 1. The highest BCUT2D eigenvalue weighted by atomic mass is 16.5. The Morgan fingerprint density at radius 2 is 1.88 bits per heavy atom. The predicted octanol–water partition coefficient (Wildman–Crippen LogP) is 3.11. The van der Waals surface area contributed by atoms with E-state index in [0.717, 1.165) is 35.5 Å². The molecule has 132 valence electrons. The number of Topliss-reactive ketones (excluding diaryl/α,β-unsaturated/α-hetero) is 1. The minimum atomic E-state index is -0.545. The third kappa shape index (κ3) is 3.11. The molecule has 5 heteroatoms. The van der Waals surface area contributed by atoms with Crippen molar-refractivity contribution >= 4 is 23.2 Å². The van der Waals surface area contributed by atoms with Gasteiger partial charge in [-0.3, -0.25) is 14.6 Å². The average Bonchev–Trinajstić information content (AvgIpc) is 2.60. The van der Waals surface area contributed by atoms with Crippen LogP contribution in [-0.4, -0.2) is 38.7 Å². The third-order valence-corrected chi connectivity index (χ3v) is 5.06. The minimum Gasteiger partial charge on any atom is -0.468 e. The lowest BCUT2D eigenvalue weighted by atomic mass is 9.72. The molecule has 1 aromatic rings. The van der Waals surface area contributed by atoms with Crippen LogP contribution in [0.2, 0.25) is 0 Å². The molecule has 0 saturated heterocycles. The molecule has 0 bridgehead atoms. The summed E-state index contributed by atoms with van der Waals surface area (Å²) in [5.74, 6) is -1.10. The molecule has 0 spiro atoms. The monoisotopic (exact) mass is 340 g/mol. The number of rotatable bonds is 3. The van der Waals surface area contributed by atoms with Crippen molar-refractivity contribution in [3.05, 3.63) is 41.1 Å². The Morgan fingerprint density at radius 3 is 2.48 bits per heavy atom. The number of methoxy groups -OCH3 is 1. The summed E-state index contributed by atoms with van der Waals surface area (Å²) in [5.41, 5.74) is 4.30. The summed E-state index contributed by atoms with van der Waals surface area (Å²) < 4.78 is 5.03. The van der Waals surface area contributed by atoms with E-state index in [9.17, 15) is 9.59 Å². The Kier molecular flexibility index (Phi) is 4.75. The summed E-state index contributed by atoms with van der Waals surface area (Å²) in [4.78, 5) is 31.7. The van der Waals surface area contributed by atoms with Crippen LogP contribution in [0, 0.1) is 5.92 Å². The highest BCUT2D eigenvalue weighted by Gasteiger charge is 2.42. The number of carbonyl (C=O) groups is 2. The second kappa shape index (κ2) is 6.82. The lowest BCUT2D eigenvalue weighted by molar-refractivity contribution is -0.143. The van der Waals surface area contributed by atoms with Gasteiger partial charge in [-0.05, 0) is 37.5 Å². The Labute approximate surface area is 148 Å². The van der Waals surface area contributed by atoms with E-state index in [1.165, 1.54) is 7.11 Å². The molecule has 1 aliphatic heterocycles. The molecule has 0 amide bonds. The molecule has 1 unspecified atom stereocenters. The van der Waals surface area contributed by atoms with E-state index in [1.54, 1.807) is 0 Å². The molecule has 1 aromatic carbocycles. The topological polar surface area (TPSA) is 59.0 Å².